The summed E-state index contributed by atoms with van der Waals surface area (Å²) in [6.45, 7) is 7.32. The van der Waals surface area contributed by atoms with E-state index in [0.717, 1.165) is 32.1 Å². The maximum atomic E-state index is 11.6. The standard InChI is InChI=1S/C18H28O5/c1-4-9-14-15(20-12(3)19)17-16(13(5-2)21-14)22-18(23-17)10-7-6-8-11-18/h4,13-17H,1,5-11H2,2-3H3/t13-,14-,15-,16+,17-/m0/s1. The van der Waals surface area contributed by atoms with E-state index in [0.29, 0.717) is 6.42 Å². The van der Waals surface area contributed by atoms with Crippen LogP contribution >= 0.6 is 0 Å². The second kappa shape index (κ2) is 6.91. The van der Waals surface area contributed by atoms with Crippen LogP contribution in [-0.2, 0) is 23.7 Å². The van der Waals surface area contributed by atoms with Crippen LogP contribution in [0.15, 0.2) is 12.7 Å². The van der Waals surface area contributed by atoms with Gasteiger partial charge in [0.25, 0.3) is 0 Å². The highest BCUT2D eigenvalue weighted by atomic mass is 16.8. The quantitative estimate of drug-likeness (QED) is 0.587. The van der Waals surface area contributed by atoms with Crippen LogP contribution in [0, 0.1) is 0 Å². The summed E-state index contributed by atoms with van der Waals surface area (Å²) in [5.74, 6) is -0.819. The number of carbonyl (C=O) groups excluding carboxylic acids is 1. The van der Waals surface area contributed by atoms with Gasteiger partial charge in [-0.25, -0.2) is 0 Å². The van der Waals surface area contributed by atoms with Crippen molar-refractivity contribution in [1.82, 2.24) is 0 Å². The third kappa shape index (κ3) is 3.32. The molecular weight excluding hydrogens is 296 g/mol. The van der Waals surface area contributed by atoms with Gasteiger partial charge >= 0.3 is 5.97 Å². The number of fused-ring (bicyclic) bond motifs is 1. The van der Waals surface area contributed by atoms with Crippen molar-refractivity contribution < 1.29 is 23.7 Å². The first-order chi connectivity index (χ1) is 11.1. The molecule has 0 amide bonds. The molecule has 23 heavy (non-hydrogen) atoms. The number of hydrogen-bond donors (Lipinski definition) is 0. The van der Waals surface area contributed by atoms with Crippen molar-refractivity contribution in [2.75, 3.05) is 0 Å². The van der Waals surface area contributed by atoms with Gasteiger partial charge in [-0.3, -0.25) is 4.79 Å². The van der Waals surface area contributed by atoms with Crippen molar-refractivity contribution >= 4 is 5.97 Å². The molecule has 0 aromatic carbocycles. The molecule has 2 aliphatic heterocycles. The molecule has 0 radical (unpaired) electrons. The van der Waals surface area contributed by atoms with Crippen LogP contribution in [0.4, 0.5) is 0 Å². The van der Waals surface area contributed by atoms with Gasteiger partial charge in [0.1, 0.15) is 18.3 Å². The molecule has 1 saturated carbocycles. The molecular formula is C18H28O5. The third-order valence-electron chi connectivity index (χ3n) is 5.15. The molecule has 3 aliphatic rings. The second-order valence-corrected chi connectivity index (χ2v) is 6.86. The molecule has 0 N–H and O–H groups in total. The van der Waals surface area contributed by atoms with Crippen molar-refractivity contribution in [2.45, 2.75) is 95.1 Å². The van der Waals surface area contributed by atoms with Gasteiger partial charge in [0.15, 0.2) is 11.9 Å². The SMILES string of the molecule is C=CC[C@@H]1O[C@@H](CC)[C@H]2OC3(CCCCC3)O[C@H]2[C@H]1OC(C)=O. The number of carbonyl (C=O) groups is 1. The summed E-state index contributed by atoms with van der Waals surface area (Å²) in [7, 11) is 0. The average molecular weight is 324 g/mol. The van der Waals surface area contributed by atoms with Crippen molar-refractivity contribution in [3.05, 3.63) is 12.7 Å². The van der Waals surface area contributed by atoms with E-state index in [4.69, 9.17) is 18.9 Å². The van der Waals surface area contributed by atoms with Crippen LogP contribution in [0.25, 0.3) is 0 Å². The van der Waals surface area contributed by atoms with E-state index in [9.17, 15) is 4.79 Å². The van der Waals surface area contributed by atoms with Crippen LogP contribution in [0.2, 0.25) is 0 Å². The minimum absolute atomic E-state index is 0.0296. The van der Waals surface area contributed by atoms with Gasteiger partial charge in [-0.2, -0.15) is 0 Å². The third-order valence-corrected chi connectivity index (χ3v) is 5.15. The number of ether oxygens (including phenoxy) is 4. The van der Waals surface area contributed by atoms with E-state index in [1.54, 1.807) is 6.08 Å². The second-order valence-electron chi connectivity index (χ2n) is 6.86. The summed E-state index contributed by atoms with van der Waals surface area (Å²) < 4.78 is 24.5. The lowest BCUT2D eigenvalue weighted by Gasteiger charge is -2.41. The molecule has 3 fully saturated rings. The normalized spacial score (nSPS) is 39.0. The smallest absolute Gasteiger partial charge is 0.303 e. The Morgan fingerprint density at radius 1 is 1.22 bits per heavy atom. The summed E-state index contributed by atoms with van der Waals surface area (Å²) in [4.78, 5) is 11.6. The van der Waals surface area contributed by atoms with Crippen LogP contribution in [0.3, 0.4) is 0 Å². The van der Waals surface area contributed by atoms with Crippen LogP contribution in [0.5, 0.6) is 0 Å². The molecule has 0 bridgehead atoms. The Hall–Kier alpha value is -0.910. The molecule has 2 saturated heterocycles. The van der Waals surface area contributed by atoms with Gasteiger partial charge < -0.3 is 18.9 Å². The predicted molar refractivity (Wildman–Crippen MR) is 84.9 cm³/mol. The summed E-state index contributed by atoms with van der Waals surface area (Å²) in [6, 6.07) is 0. The van der Waals surface area contributed by atoms with Crippen LogP contribution in [0.1, 0.15) is 58.8 Å². The molecule has 5 heteroatoms. The minimum Gasteiger partial charge on any atom is -0.457 e. The monoisotopic (exact) mass is 324 g/mol. The summed E-state index contributed by atoms with van der Waals surface area (Å²) in [5, 5.41) is 0. The predicted octanol–water partition coefficient (Wildman–Crippen LogP) is 3.12. The maximum Gasteiger partial charge on any atom is 0.303 e. The van der Waals surface area contributed by atoms with E-state index >= 15 is 0 Å². The Morgan fingerprint density at radius 3 is 2.52 bits per heavy atom. The van der Waals surface area contributed by atoms with Gasteiger partial charge in [-0.1, -0.05) is 19.4 Å². The van der Waals surface area contributed by atoms with Gasteiger partial charge in [0.2, 0.25) is 0 Å². The van der Waals surface area contributed by atoms with Crippen molar-refractivity contribution in [3.63, 3.8) is 0 Å². The summed E-state index contributed by atoms with van der Waals surface area (Å²) >= 11 is 0. The highest BCUT2D eigenvalue weighted by Gasteiger charge is 2.58. The van der Waals surface area contributed by atoms with Crippen LogP contribution < -0.4 is 0 Å². The van der Waals surface area contributed by atoms with Crippen LogP contribution in [-0.4, -0.2) is 42.3 Å². The first-order valence-corrected chi connectivity index (χ1v) is 8.88. The Labute approximate surface area is 138 Å². The topological polar surface area (TPSA) is 54.0 Å². The highest BCUT2D eigenvalue weighted by molar-refractivity contribution is 5.66. The molecule has 0 aromatic rings. The molecule has 5 atom stereocenters. The average Bonchev–Trinajstić information content (AvgIpc) is 2.89. The molecule has 130 valence electrons. The lowest BCUT2D eigenvalue weighted by molar-refractivity contribution is -0.207. The fraction of sp³-hybridized carbons (Fsp3) is 0.833. The number of hydrogen-bond acceptors (Lipinski definition) is 5. The Bertz CT molecular complexity index is 443. The van der Waals surface area contributed by atoms with E-state index in [2.05, 4.69) is 13.5 Å². The lowest BCUT2D eigenvalue weighted by atomic mass is 9.92. The molecule has 3 rings (SSSR count). The largest absolute Gasteiger partial charge is 0.457 e. The van der Waals surface area contributed by atoms with E-state index in [1.165, 1.54) is 13.3 Å². The van der Waals surface area contributed by atoms with E-state index in [1.807, 2.05) is 0 Å². The minimum atomic E-state index is -0.508. The highest BCUT2D eigenvalue weighted by Crippen LogP contribution is 2.46. The molecule has 1 aliphatic carbocycles. The Morgan fingerprint density at radius 2 is 1.91 bits per heavy atom. The molecule has 5 nitrogen and oxygen atoms in total. The Balaban J connectivity index is 1.85. The van der Waals surface area contributed by atoms with Gasteiger partial charge in [0, 0.05) is 19.8 Å². The lowest BCUT2D eigenvalue weighted by Crippen LogP contribution is -2.57. The number of rotatable bonds is 4. The van der Waals surface area contributed by atoms with Crippen molar-refractivity contribution in [1.29, 1.82) is 0 Å². The van der Waals surface area contributed by atoms with Gasteiger partial charge in [-0.15, -0.1) is 6.58 Å². The van der Waals surface area contributed by atoms with E-state index in [-0.39, 0.29) is 30.4 Å². The summed E-state index contributed by atoms with van der Waals surface area (Å²) in [5.41, 5.74) is 0. The van der Waals surface area contributed by atoms with Crippen molar-refractivity contribution in [3.8, 4) is 0 Å². The zero-order valence-corrected chi connectivity index (χ0v) is 14.2. The summed E-state index contributed by atoms with van der Waals surface area (Å²) in [6.07, 6.45) is 7.48. The maximum absolute atomic E-state index is 11.6. The zero-order chi connectivity index (χ0) is 16.4. The van der Waals surface area contributed by atoms with Gasteiger partial charge in [-0.05, 0) is 25.7 Å². The molecule has 2 heterocycles. The molecule has 0 unspecified atom stereocenters. The molecule has 1 spiro atoms. The van der Waals surface area contributed by atoms with Gasteiger partial charge in [0.05, 0.1) is 6.10 Å². The van der Waals surface area contributed by atoms with Crippen molar-refractivity contribution in [2.24, 2.45) is 0 Å². The van der Waals surface area contributed by atoms with E-state index < -0.39 is 11.9 Å². The fourth-order valence-electron chi connectivity index (χ4n) is 4.13. The first-order valence-electron chi connectivity index (χ1n) is 8.88. The number of esters is 1. The fourth-order valence-corrected chi connectivity index (χ4v) is 4.13. The molecule has 0 aromatic heterocycles. The first kappa shape index (κ1) is 16.9. The zero-order valence-electron chi connectivity index (χ0n) is 14.2. The Kier molecular flexibility index (Phi) is 5.09.